The summed E-state index contributed by atoms with van der Waals surface area (Å²) in [5, 5.41) is 9.70. The van der Waals surface area contributed by atoms with Crippen LogP contribution in [0.5, 0.6) is 0 Å². The fourth-order valence-corrected chi connectivity index (χ4v) is 0.264. The maximum absolute atomic E-state index is 9.70. The Labute approximate surface area is 72.8 Å². The average Bonchev–Trinajstić information content (AvgIpc) is 1.69. The SMILES string of the molecule is CCC#CCC[O-].[Na+]. The number of hydrogen-bond acceptors (Lipinski definition) is 1. The molecule has 0 aliphatic rings. The van der Waals surface area contributed by atoms with Crippen molar-refractivity contribution in [2.24, 2.45) is 0 Å². The van der Waals surface area contributed by atoms with Gasteiger partial charge in [0.2, 0.25) is 0 Å². The fraction of sp³-hybridized carbons (Fsp3) is 0.667. The third-order valence-electron chi connectivity index (χ3n) is 0.529. The van der Waals surface area contributed by atoms with Crippen LogP contribution < -0.4 is 34.7 Å². The van der Waals surface area contributed by atoms with Crippen LogP contribution in [0.3, 0.4) is 0 Å². The van der Waals surface area contributed by atoms with E-state index < -0.39 is 0 Å². The Morgan fingerprint density at radius 2 is 2.00 bits per heavy atom. The largest absolute Gasteiger partial charge is 1.00 e. The minimum Gasteiger partial charge on any atom is -0.854 e. The third-order valence-corrected chi connectivity index (χ3v) is 0.529. The molecule has 2 heteroatoms. The zero-order chi connectivity index (χ0) is 5.54. The normalized spacial score (nSPS) is 6.25. The molecule has 0 aromatic heterocycles. The summed E-state index contributed by atoms with van der Waals surface area (Å²) in [5.74, 6) is 5.52. The molecule has 8 heavy (non-hydrogen) atoms. The summed E-state index contributed by atoms with van der Waals surface area (Å²) >= 11 is 0. The number of rotatable bonds is 1. The quantitative estimate of drug-likeness (QED) is 0.270. The second kappa shape index (κ2) is 10.5. The van der Waals surface area contributed by atoms with Gasteiger partial charge in [0.1, 0.15) is 0 Å². The molecule has 0 spiro atoms. The van der Waals surface area contributed by atoms with Gasteiger partial charge in [-0.25, -0.2) is 0 Å². The Bertz CT molecular complexity index is 80.3. The molecule has 0 saturated carbocycles. The van der Waals surface area contributed by atoms with E-state index in [1.54, 1.807) is 0 Å². The molecule has 0 fully saturated rings. The van der Waals surface area contributed by atoms with Crippen LogP contribution in [0.1, 0.15) is 19.8 Å². The van der Waals surface area contributed by atoms with Crippen LogP contribution >= 0.6 is 0 Å². The topological polar surface area (TPSA) is 23.1 Å². The molecule has 0 aromatic carbocycles. The fourth-order valence-electron chi connectivity index (χ4n) is 0.264. The molecule has 0 aliphatic carbocycles. The van der Waals surface area contributed by atoms with Crippen molar-refractivity contribution in [1.29, 1.82) is 0 Å². The van der Waals surface area contributed by atoms with Gasteiger partial charge in [-0.1, -0.05) is 6.92 Å². The molecule has 0 aromatic rings. The van der Waals surface area contributed by atoms with Crippen LogP contribution in [0, 0.1) is 11.8 Å². The summed E-state index contributed by atoms with van der Waals surface area (Å²) in [4.78, 5) is 0. The van der Waals surface area contributed by atoms with Gasteiger partial charge in [-0.15, -0.1) is 18.4 Å². The molecule has 0 unspecified atom stereocenters. The Morgan fingerprint density at radius 1 is 1.38 bits per heavy atom. The van der Waals surface area contributed by atoms with Crippen molar-refractivity contribution >= 4 is 0 Å². The first kappa shape index (κ1) is 11.3. The van der Waals surface area contributed by atoms with Crippen molar-refractivity contribution in [3.63, 3.8) is 0 Å². The smallest absolute Gasteiger partial charge is 0.854 e. The predicted molar refractivity (Wildman–Crippen MR) is 27.6 cm³/mol. The monoisotopic (exact) mass is 120 g/mol. The summed E-state index contributed by atoms with van der Waals surface area (Å²) in [6.45, 7) is 1.91. The third kappa shape index (κ3) is 9.72. The van der Waals surface area contributed by atoms with Crippen LogP contribution in [0.2, 0.25) is 0 Å². The maximum Gasteiger partial charge on any atom is 1.00 e. The van der Waals surface area contributed by atoms with Gasteiger partial charge in [0.05, 0.1) is 0 Å². The molecule has 0 N–H and O–H groups in total. The first-order valence-electron chi connectivity index (χ1n) is 2.45. The zero-order valence-electron chi connectivity index (χ0n) is 5.53. The molecule has 0 bridgehead atoms. The predicted octanol–water partition coefficient (Wildman–Crippen LogP) is -2.85. The van der Waals surface area contributed by atoms with Crippen molar-refractivity contribution in [3.05, 3.63) is 0 Å². The van der Waals surface area contributed by atoms with Crippen molar-refractivity contribution in [3.8, 4) is 11.8 Å². The Kier molecular flexibility index (Phi) is 14.9. The summed E-state index contributed by atoms with van der Waals surface area (Å²) in [6, 6.07) is 0. The summed E-state index contributed by atoms with van der Waals surface area (Å²) in [6.07, 6.45) is 1.37. The van der Waals surface area contributed by atoms with Gasteiger partial charge < -0.3 is 5.11 Å². The Hall–Kier alpha value is 0.520. The molecule has 40 valence electrons. The van der Waals surface area contributed by atoms with E-state index in [2.05, 4.69) is 11.8 Å². The molecular weight excluding hydrogens is 111 g/mol. The number of hydrogen-bond donors (Lipinski definition) is 0. The molecule has 0 heterocycles. The van der Waals surface area contributed by atoms with Crippen molar-refractivity contribution < 1.29 is 34.7 Å². The van der Waals surface area contributed by atoms with Crippen LogP contribution in [-0.2, 0) is 0 Å². The summed E-state index contributed by atoms with van der Waals surface area (Å²) < 4.78 is 0. The molecule has 0 rings (SSSR count). The second-order valence-corrected chi connectivity index (χ2v) is 1.16. The van der Waals surface area contributed by atoms with E-state index in [4.69, 9.17) is 0 Å². The Morgan fingerprint density at radius 3 is 2.38 bits per heavy atom. The summed E-state index contributed by atoms with van der Waals surface area (Å²) in [5.41, 5.74) is 0. The van der Waals surface area contributed by atoms with Crippen LogP contribution in [-0.4, -0.2) is 6.61 Å². The Balaban J connectivity index is 0. The van der Waals surface area contributed by atoms with Crippen LogP contribution in [0.4, 0.5) is 0 Å². The van der Waals surface area contributed by atoms with E-state index in [9.17, 15) is 5.11 Å². The maximum atomic E-state index is 9.70. The first-order valence-corrected chi connectivity index (χ1v) is 2.45. The van der Waals surface area contributed by atoms with E-state index in [1.165, 1.54) is 0 Å². The van der Waals surface area contributed by atoms with Gasteiger partial charge in [-0.3, -0.25) is 0 Å². The van der Waals surface area contributed by atoms with Gasteiger partial charge in [-0.05, 0) is 6.42 Å². The van der Waals surface area contributed by atoms with Gasteiger partial charge in [0.25, 0.3) is 0 Å². The van der Waals surface area contributed by atoms with Gasteiger partial charge in [0.15, 0.2) is 0 Å². The zero-order valence-corrected chi connectivity index (χ0v) is 7.53. The van der Waals surface area contributed by atoms with Gasteiger partial charge >= 0.3 is 29.6 Å². The van der Waals surface area contributed by atoms with E-state index >= 15 is 0 Å². The molecule has 0 aliphatic heterocycles. The van der Waals surface area contributed by atoms with Crippen molar-refractivity contribution in [1.82, 2.24) is 0 Å². The molecule has 1 nitrogen and oxygen atoms in total. The van der Waals surface area contributed by atoms with Gasteiger partial charge in [-0.2, -0.15) is 0 Å². The minimum atomic E-state index is -0.0625. The van der Waals surface area contributed by atoms with Crippen molar-refractivity contribution in [2.75, 3.05) is 6.61 Å². The molecule has 0 atom stereocenters. The van der Waals surface area contributed by atoms with E-state index in [0.29, 0.717) is 6.42 Å². The van der Waals surface area contributed by atoms with Gasteiger partial charge in [0, 0.05) is 6.42 Å². The van der Waals surface area contributed by atoms with E-state index in [-0.39, 0.29) is 36.2 Å². The van der Waals surface area contributed by atoms with Crippen LogP contribution in [0.15, 0.2) is 0 Å². The average molecular weight is 120 g/mol. The molecule has 0 amide bonds. The molecular formula is C6H9NaO. The minimum absolute atomic E-state index is 0. The molecule has 0 radical (unpaired) electrons. The van der Waals surface area contributed by atoms with Crippen molar-refractivity contribution in [2.45, 2.75) is 19.8 Å². The second-order valence-electron chi connectivity index (χ2n) is 1.16. The molecule has 0 saturated heterocycles. The first-order chi connectivity index (χ1) is 3.41. The van der Waals surface area contributed by atoms with Crippen LogP contribution in [0.25, 0.3) is 0 Å². The van der Waals surface area contributed by atoms with E-state index in [0.717, 1.165) is 6.42 Å². The standard InChI is InChI=1S/C6H9O.Na/c1-2-3-4-5-6-7;/h2,5-6H2,1H3;/q-1;+1. The summed E-state index contributed by atoms with van der Waals surface area (Å²) in [7, 11) is 0. The van der Waals surface area contributed by atoms with E-state index in [1.807, 2.05) is 6.92 Å².